The second kappa shape index (κ2) is 7.57. The zero-order valence-electron chi connectivity index (χ0n) is 15.4. The van der Waals surface area contributed by atoms with Crippen molar-refractivity contribution >= 4 is 29.8 Å². The van der Waals surface area contributed by atoms with Crippen molar-refractivity contribution in [3.05, 3.63) is 53.0 Å². The van der Waals surface area contributed by atoms with E-state index in [0.29, 0.717) is 28.7 Å². The second-order valence-corrected chi connectivity index (χ2v) is 6.52. The van der Waals surface area contributed by atoms with Crippen LogP contribution in [0.4, 0.5) is 5.82 Å². The van der Waals surface area contributed by atoms with E-state index in [1.54, 1.807) is 31.2 Å². The van der Waals surface area contributed by atoms with E-state index in [1.807, 2.05) is 6.07 Å². The van der Waals surface area contributed by atoms with E-state index in [1.165, 1.54) is 4.52 Å². The van der Waals surface area contributed by atoms with E-state index in [-0.39, 0.29) is 24.0 Å². The van der Waals surface area contributed by atoms with Gasteiger partial charge >= 0.3 is 0 Å². The molecule has 0 unspecified atom stereocenters. The number of halogens is 1. The Labute approximate surface area is 171 Å². The standard InChI is InChI=1S/C18H16N8O2.ClH/c1-10-8-14(25-28-10)17-23-22-16-5-3-13(24-26(16)17)18(27)21-15-4-2-11-9-19-7-6-12(11)20-15;/h2-5,8,19H,6-7,9H2,1H3,(H,20,21,27);1H. The lowest BCUT2D eigenvalue weighted by Gasteiger charge is -2.16. The summed E-state index contributed by atoms with van der Waals surface area (Å²) in [7, 11) is 0. The third kappa shape index (κ3) is 3.55. The van der Waals surface area contributed by atoms with Crippen molar-refractivity contribution in [3.8, 4) is 11.5 Å². The minimum atomic E-state index is -0.362. The van der Waals surface area contributed by atoms with Crippen LogP contribution in [0.2, 0.25) is 0 Å². The molecule has 1 aliphatic rings. The van der Waals surface area contributed by atoms with Crippen LogP contribution >= 0.6 is 12.4 Å². The predicted octanol–water partition coefficient (Wildman–Crippen LogP) is 1.80. The molecular formula is C18H17ClN8O2. The Hall–Kier alpha value is -3.37. The molecule has 0 atom stereocenters. The molecule has 148 valence electrons. The number of rotatable bonds is 3. The Kier molecular flexibility index (Phi) is 4.95. The van der Waals surface area contributed by atoms with Crippen LogP contribution in [0.3, 0.4) is 0 Å². The lowest BCUT2D eigenvalue weighted by molar-refractivity contribution is 0.102. The minimum absolute atomic E-state index is 0. The Morgan fingerprint density at radius 1 is 1.24 bits per heavy atom. The zero-order valence-corrected chi connectivity index (χ0v) is 16.2. The van der Waals surface area contributed by atoms with Gasteiger partial charge in [0.25, 0.3) is 5.91 Å². The summed E-state index contributed by atoms with van der Waals surface area (Å²) in [5.74, 6) is 1.19. The molecule has 5 heterocycles. The Morgan fingerprint density at radius 2 is 2.14 bits per heavy atom. The second-order valence-electron chi connectivity index (χ2n) is 6.52. The van der Waals surface area contributed by atoms with Crippen molar-refractivity contribution in [2.45, 2.75) is 19.9 Å². The molecule has 11 heteroatoms. The lowest BCUT2D eigenvalue weighted by Crippen LogP contribution is -2.25. The number of carbonyl (C=O) groups is 1. The highest BCUT2D eigenvalue weighted by Crippen LogP contribution is 2.18. The normalized spacial score (nSPS) is 13.0. The summed E-state index contributed by atoms with van der Waals surface area (Å²) in [5.41, 5.74) is 3.38. The molecule has 0 aromatic carbocycles. The fraction of sp³-hybridized carbons (Fsp3) is 0.222. The summed E-state index contributed by atoms with van der Waals surface area (Å²) in [6, 6.07) is 8.78. The molecule has 1 aliphatic heterocycles. The molecule has 0 spiro atoms. The maximum atomic E-state index is 12.7. The summed E-state index contributed by atoms with van der Waals surface area (Å²) in [6.07, 6.45) is 0.838. The van der Waals surface area contributed by atoms with Gasteiger partial charge in [-0.25, -0.2) is 4.98 Å². The molecule has 1 amide bonds. The van der Waals surface area contributed by atoms with Crippen molar-refractivity contribution in [2.75, 3.05) is 11.9 Å². The Morgan fingerprint density at radius 3 is 2.97 bits per heavy atom. The number of hydrogen-bond acceptors (Lipinski definition) is 8. The minimum Gasteiger partial charge on any atom is -0.361 e. The SMILES string of the molecule is Cc1cc(-c2nnc3ccc(C(=O)Nc4ccc5c(n4)CCNC5)nn23)no1.Cl. The predicted molar refractivity (Wildman–Crippen MR) is 106 cm³/mol. The first kappa shape index (κ1) is 19.0. The van der Waals surface area contributed by atoms with Crippen LogP contribution in [0.25, 0.3) is 17.2 Å². The van der Waals surface area contributed by atoms with Crippen molar-refractivity contribution in [2.24, 2.45) is 0 Å². The molecule has 0 aliphatic carbocycles. The smallest absolute Gasteiger partial charge is 0.277 e. The number of nitrogens with one attached hydrogen (secondary N) is 2. The number of carbonyl (C=O) groups excluding carboxylic acids is 1. The van der Waals surface area contributed by atoms with Crippen LogP contribution < -0.4 is 10.6 Å². The first-order chi connectivity index (χ1) is 13.7. The van der Waals surface area contributed by atoms with E-state index < -0.39 is 0 Å². The van der Waals surface area contributed by atoms with Gasteiger partial charge in [0.2, 0.25) is 5.82 Å². The molecule has 2 N–H and O–H groups in total. The first-order valence-electron chi connectivity index (χ1n) is 8.84. The van der Waals surface area contributed by atoms with Crippen LogP contribution in [0, 0.1) is 6.92 Å². The van der Waals surface area contributed by atoms with Crippen molar-refractivity contribution in [1.82, 2.24) is 35.3 Å². The van der Waals surface area contributed by atoms with Gasteiger partial charge in [0.15, 0.2) is 11.3 Å². The Bertz CT molecular complexity index is 1200. The van der Waals surface area contributed by atoms with Gasteiger partial charge in [-0.3, -0.25) is 4.79 Å². The van der Waals surface area contributed by atoms with E-state index in [9.17, 15) is 4.79 Å². The highest BCUT2D eigenvalue weighted by molar-refractivity contribution is 6.02. The molecule has 5 rings (SSSR count). The monoisotopic (exact) mass is 412 g/mol. The van der Waals surface area contributed by atoms with Gasteiger partial charge in [-0.15, -0.1) is 22.6 Å². The molecule has 0 saturated carbocycles. The van der Waals surface area contributed by atoms with Gasteiger partial charge in [0.1, 0.15) is 17.3 Å². The average Bonchev–Trinajstić information content (AvgIpc) is 3.33. The third-order valence-corrected chi connectivity index (χ3v) is 4.52. The van der Waals surface area contributed by atoms with Gasteiger partial charge in [-0.2, -0.15) is 9.61 Å². The third-order valence-electron chi connectivity index (χ3n) is 4.52. The van der Waals surface area contributed by atoms with Gasteiger partial charge in [0.05, 0.1) is 0 Å². The number of anilines is 1. The molecule has 10 nitrogen and oxygen atoms in total. The van der Waals surface area contributed by atoms with Crippen molar-refractivity contribution in [1.29, 1.82) is 0 Å². The molecule has 0 radical (unpaired) electrons. The quantitative estimate of drug-likeness (QED) is 0.522. The number of amides is 1. The van der Waals surface area contributed by atoms with Gasteiger partial charge < -0.3 is 15.2 Å². The summed E-state index contributed by atoms with van der Waals surface area (Å²) < 4.78 is 6.56. The van der Waals surface area contributed by atoms with Crippen LogP contribution in [-0.4, -0.2) is 42.4 Å². The first-order valence-corrected chi connectivity index (χ1v) is 8.84. The van der Waals surface area contributed by atoms with E-state index in [0.717, 1.165) is 30.8 Å². The highest BCUT2D eigenvalue weighted by Gasteiger charge is 2.17. The highest BCUT2D eigenvalue weighted by atomic mass is 35.5. The number of fused-ring (bicyclic) bond motifs is 2. The van der Waals surface area contributed by atoms with Crippen LogP contribution in [-0.2, 0) is 13.0 Å². The summed E-state index contributed by atoms with van der Waals surface area (Å²) in [6.45, 7) is 3.47. The summed E-state index contributed by atoms with van der Waals surface area (Å²) in [5, 5.41) is 22.6. The van der Waals surface area contributed by atoms with Crippen molar-refractivity contribution in [3.63, 3.8) is 0 Å². The summed E-state index contributed by atoms with van der Waals surface area (Å²) in [4.78, 5) is 17.2. The van der Waals surface area contributed by atoms with E-state index in [2.05, 4.69) is 36.1 Å². The maximum absolute atomic E-state index is 12.7. The summed E-state index contributed by atoms with van der Waals surface area (Å²) >= 11 is 0. The fourth-order valence-electron chi connectivity index (χ4n) is 3.13. The number of aromatic nitrogens is 6. The molecule has 0 fully saturated rings. The van der Waals surface area contributed by atoms with Crippen molar-refractivity contribution < 1.29 is 9.32 Å². The number of pyridine rings is 1. The maximum Gasteiger partial charge on any atom is 0.277 e. The molecular weight excluding hydrogens is 396 g/mol. The number of aryl methyl sites for hydroxylation is 1. The van der Waals surface area contributed by atoms with E-state index >= 15 is 0 Å². The van der Waals surface area contributed by atoms with Gasteiger partial charge in [-0.1, -0.05) is 11.2 Å². The molecule has 4 aromatic heterocycles. The molecule has 0 bridgehead atoms. The Balaban J connectivity index is 0.00000205. The zero-order chi connectivity index (χ0) is 19.1. The lowest BCUT2D eigenvalue weighted by atomic mass is 10.1. The molecule has 4 aromatic rings. The van der Waals surface area contributed by atoms with Gasteiger partial charge in [0, 0.05) is 31.3 Å². The van der Waals surface area contributed by atoms with Crippen LogP contribution in [0.1, 0.15) is 27.5 Å². The molecule has 0 saturated heterocycles. The van der Waals surface area contributed by atoms with Crippen LogP contribution in [0.15, 0.2) is 34.9 Å². The number of hydrogen-bond donors (Lipinski definition) is 2. The average molecular weight is 413 g/mol. The van der Waals surface area contributed by atoms with E-state index in [4.69, 9.17) is 4.52 Å². The topological polar surface area (TPSA) is 123 Å². The number of nitrogens with zero attached hydrogens (tertiary/aromatic N) is 6. The van der Waals surface area contributed by atoms with Crippen LogP contribution in [0.5, 0.6) is 0 Å². The largest absolute Gasteiger partial charge is 0.361 e. The molecule has 29 heavy (non-hydrogen) atoms. The fourth-order valence-corrected chi connectivity index (χ4v) is 3.13. The van der Waals surface area contributed by atoms with Gasteiger partial charge in [-0.05, 0) is 30.7 Å².